The van der Waals surface area contributed by atoms with E-state index in [4.69, 9.17) is 4.99 Å². The lowest BCUT2D eigenvalue weighted by atomic mass is 10.00. The third kappa shape index (κ3) is 5.19. The van der Waals surface area contributed by atoms with Crippen LogP contribution in [0.1, 0.15) is 35.3 Å². The van der Waals surface area contributed by atoms with Crippen molar-refractivity contribution in [2.45, 2.75) is 20.8 Å². The first-order valence-corrected chi connectivity index (χ1v) is 12.3. The summed E-state index contributed by atoms with van der Waals surface area (Å²) in [4.78, 5) is 22.0. The van der Waals surface area contributed by atoms with Crippen molar-refractivity contribution in [3.63, 3.8) is 0 Å². The Morgan fingerprint density at radius 3 is 2.28 bits per heavy atom. The molecule has 0 radical (unpaired) electrons. The molecule has 1 N–H and O–H groups in total. The Morgan fingerprint density at radius 2 is 1.67 bits per heavy atom. The monoisotopic (exact) mass is 482 g/mol. The van der Waals surface area contributed by atoms with Crippen LogP contribution in [0.5, 0.6) is 5.88 Å². The molecule has 0 fully saturated rings. The van der Waals surface area contributed by atoms with Crippen molar-refractivity contribution < 1.29 is 9.90 Å². The van der Waals surface area contributed by atoms with Gasteiger partial charge in [0.2, 0.25) is 11.8 Å². The van der Waals surface area contributed by atoms with Gasteiger partial charge in [-0.15, -0.1) is 0 Å². The highest BCUT2D eigenvalue weighted by Gasteiger charge is 2.24. The Morgan fingerprint density at radius 1 is 0.972 bits per heavy atom. The van der Waals surface area contributed by atoms with Crippen LogP contribution >= 0.6 is 0 Å². The first kappa shape index (κ1) is 25.2. The molecule has 1 heterocycles. The van der Waals surface area contributed by atoms with Crippen molar-refractivity contribution in [3.05, 3.63) is 89.5 Å². The first-order valence-electron chi connectivity index (χ1n) is 12.3. The van der Waals surface area contributed by atoms with Gasteiger partial charge in [0, 0.05) is 43.2 Å². The summed E-state index contributed by atoms with van der Waals surface area (Å²) in [6.07, 6.45) is 0. The quantitative estimate of drug-likeness (QED) is 0.319. The van der Waals surface area contributed by atoms with Crippen molar-refractivity contribution in [2.75, 3.05) is 38.6 Å². The predicted octanol–water partition coefficient (Wildman–Crippen LogP) is 5.87. The van der Waals surface area contributed by atoms with Crippen LogP contribution < -0.4 is 4.90 Å². The lowest BCUT2D eigenvalue weighted by Gasteiger charge is -2.25. The van der Waals surface area contributed by atoms with Crippen molar-refractivity contribution in [3.8, 4) is 5.88 Å². The van der Waals surface area contributed by atoms with Crippen LogP contribution in [0.25, 0.3) is 10.9 Å². The van der Waals surface area contributed by atoms with Crippen LogP contribution in [0.3, 0.4) is 0 Å². The second-order valence-corrected chi connectivity index (χ2v) is 9.30. The summed E-state index contributed by atoms with van der Waals surface area (Å²) in [6.45, 7) is 8.43. The van der Waals surface area contributed by atoms with E-state index >= 15 is 0 Å². The van der Waals surface area contributed by atoms with E-state index in [1.54, 1.807) is 0 Å². The number of aromatic hydroxyl groups is 1. The molecule has 186 valence electrons. The lowest BCUT2D eigenvalue weighted by Crippen LogP contribution is -2.31. The van der Waals surface area contributed by atoms with Gasteiger partial charge in [-0.2, -0.15) is 0 Å². The minimum Gasteiger partial charge on any atom is -0.494 e. The van der Waals surface area contributed by atoms with E-state index in [2.05, 4.69) is 43.0 Å². The largest absolute Gasteiger partial charge is 0.494 e. The third-order valence-corrected chi connectivity index (χ3v) is 6.35. The van der Waals surface area contributed by atoms with Crippen molar-refractivity contribution >= 4 is 33.9 Å². The molecule has 1 aromatic heterocycles. The van der Waals surface area contributed by atoms with Gasteiger partial charge >= 0.3 is 0 Å². The molecule has 0 unspecified atom stereocenters. The molecule has 0 aliphatic heterocycles. The Bertz CT molecular complexity index is 1390. The molecule has 0 saturated carbocycles. The predicted molar refractivity (Wildman–Crippen MR) is 149 cm³/mol. The van der Waals surface area contributed by atoms with Crippen LogP contribution in [-0.4, -0.2) is 59.9 Å². The Labute approximate surface area is 213 Å². The van der Waals surface area contributed by atoms with Gasteiger partial charge in [0.1, 0.15) is 0 Å². The number of rotatable bonds is 8. The number of carbonyl (C=O) groups is 1. The van der Waals surface area contributed by atoms with E-state index in [1.807, 2.05) is 67.6 Å². The average Bonchev–Trinajstić information content (AvgIpc) is 3.15. The second kappa shape index (κ2) is 10.8. The zero-order chi connectivity index (χ0) is 25.8. The van der Waals surface area contributed by atoms with E-state index in [9.17, 15) is 9.90 Å². The highest BCUT2D eigenvalue weighted by atomic mass is 16.3. The van der Waals surface area contributed by atoms with Crippen LogP contribution in [0.2, 0.25) is 0 Å². The van der Waals surface area contributed by atoms with Gasteiger partial charge in [-0.1, -0.05) is 42.5 Å². The fourth-order valence-corrected chi connectivity index (χ4v) is 4.46. The van der Waals surface area contributed by atoms with E-state index in [1.165, 1.54) is 11.5 Å². The maximum atomic E-state index is 12.5. The number of benzene rings is 3. The fourth-order valence-electron chi connectivity index (χ4n) is 4.46. The molecule has 0 amide bonds. The summed E-state index contributed by atoms with van der Waals surface area (Å²) in [7, 11) is 4.16. The minimum absolute atomic E-state index is 0.0943. The fraction of sp³-hybridized carbons (Fsp3) is 0.267. The van der Waals surface area contributed by atoms with Gasteiger partial charge in [-0.3, -0.25) is 9.36 Å². The molecule has 4 aromatic rings. The zero-order valence-electron chi connectivity index (χ0n) is 21.7. The standard InChI is InChI=1S/C30H34N4O2/c1-6-33(19-18-32(4)5)25-15-13-24(14-16-25)31-29(23-10-8-7-9-11-23)28-26-17-12-21(2)20-27(26)34(22(3)35)30(28)36/h7-17,20,36H,6,18-19H2,1-5H3. The number of aromatic nitrogens is 1. The molecule has 36 heavy (non-hydrogen) atoms. The van der Waals surface area contributed by atoms with Gasteiger partial charge in [-0.05, 0) is 63.8 Å². The van der Waals surface area contributed by atoms with E-state index in [0.29, 0.717) is 16.8 Å². The zero-order valence-corrected chi connectivity index (χ0v) is 21.7. The van der Waals surface area contributed by atoms with Gasteiger partial charge in [-0.25, -0.2) is 4.99 Å². The van der Waals surface area contributed by atoms with E-state index < -0.39 is 0 Å². The van der Waals surface area contributed by atoms with E-state index in [0.717, 1.165) is 47.5 Å². The molecule has 0 saturated heterocycles. The number of fused-ring (bicyclic) bond motifs is 1. The van der Waals surface area contributed by atoms with Gasteiger partial charge in [0.25, 0.3) is 0 Å². The lowest BCUT2D eigenvalue weighted by molar-refractivity contribution is 0.0933. The minimum atomic E-state index is -0.247. The van der Waals surface area contributed by atoms with Crippen molar-refractivity contribution in [1.82, 2.24) is 9.47 Å². The number of nitrogens with zero attached hydrogens (tertiary/aromatic N) is 4. The topological polar surface area (TPSA) is 61.1 Å². The second-order valence-electron chi connectivity index (χ2n) is 9.30. The number of hydrogen-bond acceptors (Lipinski definition) is 5. The summed E-state index contributed by atoms with van der Waals surface area (Å²) in [5, 5.41) is 12.1. The molecule has 0 spiro atoms. The third-order valence-electron chi connectivity index (χ3n) is 6.35. The van der Waals surface area contributed by atoms with Crippen molar-refractivity contribution in [2.24, 2.45) is 4.99 Å². The highest BCUT2D eigenvalue weighted by Crippen LogP contribution is 2.35. The SMILES string of the molecule is CCN(CCN(C)C)c1ccc(N=C(c2ccccc2)c2c(O)n(C(C)=O)c3cc(C)ccc23)cc1. The summed E-state index contributed by atoms with van der Waals surface area (Å²) < 4.78 is 1.36. The Kier molecular flexibility index (Phi) is 7.55. The molecule has 3 aromatic carbocycles. The first-order chi connectivity index (χ1) is 17.3. The molecular weight excluding hydrogens is 448 g/mol. The number of likely N-dealkylation sites (N-methyl/N-ethyl adjacent to an activating group) is 2. The molecule has 4 rings (SSSR count). The summed E-state index contributed by atoms with van der Waals surface area (Å²) >= 11 is 0. The van der Waals surface area contributed by atoms with Crippen molar-refractivity contribution in [1.29, 1.82) is 0 Å². The smallest absolute Gasteiger partial charge is 0.230 e. The molecule has 6 heteroatoms. The van der Waals surface area contributed by atoms with E-state index in [-0.39, 0.29) is 11.8 Å². The molecule has 0 bridgehead atoms. The van der Waals surface area contributed by atoms with Crippen LogP contribution in [0.15, 0.2) is 77.8 Å². The van der Waals surface area contributed by atoms with Gasteiger partial charge in [0.05, 0.1) is 22.5 Å². The molecular formula is C30H34N4O2. The maximum Gasteiger partial charge on any atom is 0.230 e. The number of carbonyl (C=O) groups excluding carboxylic acids is 1. The van der Waals surface area contributed by atoms with Gasteiger partial charge < -0.3 is 14.9 Å². The highest BCUT2D eigenvalue weighted by molar-refractivity contribution is 6.23. The molecule has 0 aliphatic carbocycles. The van der Waals surface area contributed by atoms with Crippen LogP contribution in [0.4, 0.5) is 11.4 Å². The van der Waals surface area contributed by atoms with Crippen LogP contribution in [-0.2, 0) is 0 Å². The number of aliphatic imine (C=N–C) groups is 1. The normalized spacial score (nSPS) is 11.9. The van der Waals surface area contributed by atoms with Gasteiger partial charge in [0.15, 0.2) is 0 Å². The number of aryl methyl sites for hydroxylation is 1. The Hall–Kier alpha value is -3.90. The maximum absolute atomic E-state index is 12.5. The molecule has 6 nitrogen and oxygen atoms in total. The number of hydrogen-bond donors (Lipinski definition) is 1. The Balaban J connectivity index is 1.85. The average molecular weight is 483 g/mol. The number of anilines is 1. The summed E-state index contributed by atoms with van der Waals surface area (Å²) in [5.74, 6) is -0.341. The summed E-state index contributed by atoms with van der Waals surface area (Å²) in [5.41, 5.74) is 5.64. The van der Waals surface area contributed by atoms with Crippen LogP contribution in [0, 0.1) is 6.92 Å². The molecule has 0 aliphatic rings. The summed E-state index contributed by atoms with van der Waals surface area (Å²) in [6, 6.07) is 23.8. The molecule has 0 atom stereocenters.